The van der Waals surface area contributed by atoms with Gasteiger partial charge >= 0.3 is 0 Å². The minimum atomic E-state index is -0.242. The molecule has 2 heteroatoms. The van der Waals surface area contributed by atoms with Crippen LogP contribution in [0.5, 0.6) is 5.75 Å². The average Bonchev–Trinajstić information content (AvgIpc) is 2.25. The number of aliphatic hydroxyl groups is 1. The fourth-order valence-electron chi connectivity index (χ4n) is 1.47. The van der Waals surface area contributed by atoms with Gasteiger partial charge in [0.25, 0.3) is 0 Å². The molecule has 2 nitrogen and oxygen atoms in total. The van der Waals surface area contributed by atoms with Crippen LogP contribution in [0, 0.1) is 0 Å². The predicted octanol–water partition coefficient (Wildman–Crippen LogP) is 1.37. The summed E-state index contributed by atoms with van der Waals surface area (Å²) in [4.78, 5) is 0. The lowest BCUT2D eigenvalue weighted by atomic mass is 10.1. The molecule has 1 atom stereocenters. The van der Waals surface area contributed by atoms with Gasteiger partial charge in [-0.15, -0.1) is 0 Å². The van der Waals surface area contributed by atoms with Gasteiger partial charge in [-0.2, -0.15) is 0 Å². The van der Waals surface area contributed by atoms with Crippen LogP contribution in [0.25, 0.3) is 0 Å². The number of rotatable bonds is 0. The summed E-state index contributed by atoms with van der Waals surface area (Å²) in [6.45, 7) is 0.623. The highest BCUT2D eigenvalue weighted by molar-refractivity contribution is 5.34. The molecule has 2 rings (SSSR count). The Balaban J connectivity index is 2.31. The second-order valence-corrected chi connectivity index (χ2v) is 3.10. The zero-order chi connectivity index (χ0) is 8.39. The lowest BCUT2D eigenvalue weighted by molar-refractivity contribution is 0.150. The number of benzene rings is 1. The molecule has 1 aromatic carbocycles. The third-order valence-corrected chi connectivity index (χ3v) is 2.14. The van der Waals surface area contributed by atoms with Crippen molar-refractivity contribution in [3.05, 3.63) is 29.8 Å². The highest BCUT2D eigenvalue weighted by Gasteiger charge is 2.13. The molecule has 0 saturated carbocycles. The summed E-state index contributed by atoms with van der Waals surface area (Å²) in [6.07, 6.45) is 1.21. The standard InChI is InChI=1S/C10H12O2/c11-9-5-6-12-10-4-2-1-3-8(10)7-9/h1-4,9,11H,5-7H2. The average molecular weight is 164 g/mol. The summed E-state index contributed by atoms with van der Waals surface area (Å²) in [6, 6.07) is 7.88. The van der Waals surface area contributed by atoms with E-state index < -0.39 is 0 Å². The van der Waals surface area contributed by atoms with E-state index in [-0.39, 0.29) is 6.10 Å². The highest BCUT2D eigenvalue weighted by Crippen LogP contribution is 2.23. The van der Waals surface area contributed by atoms with Crippen LogP contribution in [0.2, 0.25) is 0 Å². The zero-order valence-corrected chi connectivity index (χ0v) is 6.86. The third-order valence-electron chi connectivity index (χ3n) is 2.14. The van der Waals surface area contributed by atoms with Gasteiger partial charge < -0.3 is 9.84 Å². The van der Waals surface area contributed by atoms with Crippen LogP contribution in [0.1, 0.15) is 12.0 Å². The van der Waals surface area contributed by atoms with Gasteiger partial charge in [0.15, 0.2) is 0 Å². The lowest BCUT2D eigenvalue weighted by Crippen LogP contribution is -2.10. The van der Waals surface area contributed by atoms with Crippen molar-refractivity contribution in [3.63, 3.8) is 0 Å². The lowest BCUT2D eigenvalue weighted by Gasteiger charge is -2.05. The topological polar surface area (TPSA) is 29.5 Å². The van der Waals surface area contributed by atoms with Crippen LogP contribution in [0.3, 0.4) is 0 Å². The van der Waals surface area contributed by atoms with Crippen molar-refractivity contribution in [1.82, 2.24) is 0 Å². The van der Waals surface area contributed by atoms with E-state index in [1.165, 1.54) is 0 Å². The molecule has 1 heterocycles. The molecule has 0 spiro atoms. The first-order valence-corrected chi connectivity index (χ1v) is 4.25. The molecule has 0 aliphatic carbocycles. The van der Waals surface area contributed by atoms with E-state index in [2.05, 4.69) is 0 Å². The number of aliphatic hydroxyl groups excluding tert-OH is 1. The minimum Gasteiger partial charge on any atom is -0.493 e. The molecule has 0 fully saturated rings. The monoisotopic (exact) mass is 164 g/mol. The number of fused-ring (bicyclic) bond motifs is 1. The van der Waals surface area contributed by atoms with Gasteiger partial charge in [0.1, 0.15) is 5.75 Å². The van der Waals surface area contributed by atoms with Crippen molar-refractivity contribution >= 4 is 0 Å². The van der Waals surface area contributed by atoms with Crippen molar-refractivity contribution in [1.29, 1.82) is 0 Å². The number of ether oxygens (including phenoxy) is 1. The van der Waals surface area contributed by atoms with E-state index in [0.29, 0.717) is 6.61 Å². The maximum Gasteiger partial charge on any atom is 0.122 e. The molecule has 64 valence electrons. The predicted molar refractivity (Wildman–Crippen MR) is 46.3 cm³/mol. The van der Waals surface area contributed by atoms with Crippen LogP contribution in [0.15, 0.2) is 24.3 Å². The van der Waals surface area contributed by atoms with Crippen molar-refractivity contribution in [3.8, 4) is 5.75 Å². The normalized spacial score (nSPS) is 22.2. The number of hydrogen-bond donors (Lipinski definition) is 1. The fourth-order valence-corrected chi connectivity index (χ4v) is 1.47. The number of hydrogen-bond acceptors (Lipinski definition) is 2. The summed E-state index contributed by atoms with van der Waals surface area (Å²) >= 11 is 0. The molecular weight excluding hydrogens is 152 g/mol. The van der Waals surface area contributed by atoms with Crippen molar-refractivity contribution in [2.45, 2.75) is 18.9 Å². The first-order valence-electron chi connectivity index (χ1n) is 4.25. The van der Waals surface area contributed by atoms with Gasteiger partial charge in [-0.05, 0) is 11.6 Å². The van der Waals surface area contributed by atoms with E-state index in [9.17, 15) is 5.11 Å². The molecule has 0 radical (unpaired) electrons. The van der Waals surface area contributed by atoms with Crippen LogP contribution < -0.4 is 4.74 Å². The Bertz CT molecular complexity index is 270. The van der Waals surface area contributed by atoms with Gasteiger partial charge in [0.05, 0.1) is 12.7 Å². The van der Waals surface area contributed by atoms with Gasteiger partial charge in [0.2, 0.25) is 0 Å². The summed E-state index contributed by atoms with van der Waals surface area (Å²) in [5.41, 5.74) is 1.11. The second-order valence-electron chi connectivity index (χ2n) is 3.10. The molecule has 1 unspecified atom stereocenters. The van der Waals surface area contributed by atoms with E-state index in [1.807, 2.05) is 24.3 Å². The second kappa shape index (κ2) is 3.15. The molecule has 1 aliphatic heterocycles. The molecule has 1 aromatic rings. The molecule has 1 N–H and O–H groups in total. The third kappa shape index (κ3) is 1.43. The maximum absolute atomic E-state index is 9.46. The van der Waals surface area contributed by atoms with Crippen LogP contribution in [0.4, 0.5) is 0 Å². The molecule has 0 saturated heterocycles. The maximum atomic E-state index is 9.46. The molecule has 0 amide bonds. The molecule has 0 aromatic heterocycles. The van der Waals surface area contributed by atoms with E-state index >= 15 is 0 Å². The van der Waals surface area contributed by atoms with E-state index in [1.54, 1.807) is 0 Å². The highest BCUT2D eigenvalue weighted by atomic mass is 16.5. The van der Waals surface area contributed by atoms with E-state index in [0.717, 1.165) is 24.2 Å². The largest absolute Gasteiger partial charge is 0.493 e. The first-order chi connectivity index (χ1) is 5.86. The Kier molecular flexibility index (Phi) is 2.00. The molecule has 0 bridgehead atoms. The van der Waals surface area contributed by atoms with Crippen molar-refractivity contribution in [2.75, 3.05) is 6.61 Å². The van der Waals surface area contributed by atoms with Crippen molar-refractivity contribution < 1.29 is 9.84 Å². The Hall–Kier alpha value is -1.02. The number of para-hydroxylation sites is 1. The minimum absolute atomic E-state index is 0.242. The van der Waals surface area contributed by atoms with Crippen LogP contribution in [-0.4, -0.2) is 17.8 Å². The van der Waals surface area contributed by atoms with Gasteiger partial charge in [-0.25, -0.2) is 0 Å². The Morgan fingerprint density at radius 1 is 1.33 bits per heavy atom. The van der Waals surface area contributed by atoms with Crippen LogP contribution >= 0.6 is 0 Å². The van der Waals surface area contributed by atoms with Crippen LogP contribution in [-0.2, 0) is 6.42 Å². The Morgan fingerprint density at radius 2 is 2.17 bits per heavy atom. The molecular formula is C10H12O2. The van der Waals surface area contributed by atoms with E-state index in [4.69, 9.17) is 4.74 Å². The molecule has 1 aliphatic rings. The van der Waals surface area contributed by atoms with Gasteiger partial charge in [-0.3, -0.25) is 0 Å². The first kappa shape index (κ1) is 7.62. The molecule has 12 heavy (non-hydrogen) atoms. The van der Waals surface area contributed by atoms with Crippen molar-refractivity contribution in [2.24, 2.45) is 0 Å². The summed E-state index contributed by atoms with van der Waals surface area (Å²) < 4.78 is 5.46. The van der Waals surface area contributed by atoms with Gasteiger partial charge in [-0.1, -0.05) is 18.2 Å². The SMILES string of the molecule is OC1CCOc2ccccc2C1. The summed E-state index contributed by atoms with van der Waals surface area (Å²) in [5.74, 6) is 0.925. The Morgan fingerprint density at radius 3 is 3.08 bits per heavy atom. The summed E-state index contributed by atoms with van der Waals surface area (Å²) in [5, 5.41) is 9.46. The quantitative estimate of drug-likeness (QED) is 0.627. The smallest absolute Gasteiger partial charge is 0.122 e. The Labute approximate surface area is 71.8 Å². The van der Waals surface area contributed by atoms with Gasteiger partial charge in [0, 0.05) is 12.8 Å². The fraction of sp³-hybridized carbons (Fsp3) is 0.400. The summed E-state index contributed by atoms with van der Waals surface area (Å²) in [7, 11) is 0. The zero-order valence-electron chi connectivity index (χ0n) is 6.86.